The van der Waals surface area contributed by atoms with E-state index >= 15 is 0 Å². The van der Waals surface area contributed by atoms with E-state index in [1.54, 1.807) is 42.5 Å². The third kappa shape index (κ3) is 3.94. The fourth-order valence-electron chi connectivity index (χ4n) is 3.38. The van der Waals surface area contributed by atoms with Gasteiger partial charge in [-0.1, -0.05) is 30.3 Å². The number of ether oxygens (including phenoxy) is 1. The van der Waals surface area contributed by atoms with Gasteiger partial charge in [0, 0.05) is 23.2 Å². The summed E-state index contributed by atoms with van der Waals surface area (Å²) < 4.78 is 5.56. The van der Waals surface area contributed by atoms with Crippen LogP contribution in [0.15, 0.2) is 72.8 Å². The van der Waals surface area contributed by atoms with Crippen molar-refractivity contribution in [2.24, 2.45) is 0 Å². The fraction of sp³-hybridized carbons (Fsp3) is 0.125. The molecule has 1 aliphatic rings. The number of ketones is 1. The number of amides is 1. The summed E-state index contributed by atoms with van der Waals surface area (Å²) in [5.41, 5.74) is 3.84. The average molecular weight is 385 g/mol. The first kappa shape index (κ1) is 18.6. The Morgan fingerprint density at radius 1 is 0.931 bits per heavy atom. The Bertz CT molecular complexity index is 1090. The summed E-state index contributed by atoms with van der Waals surface area (Å²) >= 11 is 0. The second-order valence-corrected chi connectivity index (χ2v) is 6.97. The number of hydrogen-bond donors (Lipinski definition) is 1. The normalized spacial score (nSPS) is 15.2. The zero-order chi connectivity index (χ0) is 20.4. The van der Waals surface area contributed by atoms with E-state index in [9.17, 15) is 14.4 Å². The van der Waals surface area contributed by atoms with Crippen molar-refractivity contribution < 1.29 is 19.1 Å². The minimum absolute atomic E-state index is 0.0302. The average Bonchev–Trinajstić information content (AvgIpc) is 2.74. The van der Waals surface area contributed by atoms with E-state index in [1.807, 2.05) is 30.3 Å². The number of anilines is 1. The van der Waals surface area contributed by atoms with Gasteiger partial charge in [0.25, 0.3) is 5.91 Å². The molecule has 0 radical (unpaired) electrons. The van der Waals surface area contributed by atoms with Crippen LogP contribution in [0.25, 0.3) is 0 Å². The first-order valence-corrected chi connectivity index (χ1v) is 9.32. The maximum absolute atomic E-state index is 12.7. The molecule has 1 N–H and O–H groups in total. The van der Waals surface area contributed by atoms with Crippen LogP contribution in [-0.4, -0.2) is 17.7 Å². The molecule has 5 nitrogen and oxygen atoms in total. The van der Waals surface area contributed by atoms with E-state index in [0.717, 1.165) is 11.1 Å². The summed E-state index contributed by atoms with van der Waals surface area (Å²) in [7, 11) is 0. The van der Waals surface area contributed by atoms with Crippen molar-refractivity contribution >= 4 is 23.3 Å². The number of carbonyl (C=O) groups is 3. The molecular weight excluding hydrogens is 366 g/mol. The molecule has 1 heterocycles. The van der Waals surface area contributed by atoms with E-state index in [-0.39, 0.29) is 23.8 Å². The van der Waals surface area contributed by atoms with Crippen LogP contribution in [0.2, 0.25) is 0 Å². The van der Waals surface area contributed by atoms with Crippen LogP contribution in [0, 0.1) is 0 Å². The lowest BCUT2D eigenvalue weighted by Crippen LogP contribution is -2.23. The van der Waals surface area contributed by atoms with Gasteiger partial charge in [0.15, 0.2) is 5.78 Å². The standard InChI is InChI=1S/C24H19NO4/c1-15(26)16-7-10-20(11-8-16)25-23(27)18-9-12-21-19(13-18)14-22(29-24(21)28)17-5-3-2-4-6-17/h2-13,22H,14H2,1H3,(H,25,27)/t22-/m0/s1. The van der Waals surface area contributed by atoms with E-state index < -0.39 is 0 Å². The molecule has 3 aromatic rings. The molecule has 0 aromatic heterocycles. The van der Waals surface area contributed by atoms with Crippen molar-refractivity contribution in [3.63, 3.8) is 0 Å². The van der Waals surface area contributed by atoms with Crippen molar-refractivity contribution in [2.75, 3.05) is 5.32 Å². The number of carbonyl (C=O) groups excluding carboxylic acids is 3. The van der Waals surface area contributed by atoms with Crippen molar-refractivity contribution in [3.05, 3.63) is 101 Å². The molecule has 1 amide bonds. The van der Waals surface area contributed by atoms with Crippen molar-refractivity contribution in [2.45, 2.75) is 19.4 Å². The lowest BCUT2D eigenvalue weighted by atomic mass is 9.93. The highest BCUT2D eigenvalue weighted by Gasteiger charge is 2.28. The topological polar surface area (TPSA) is 72.5 Å². The third-order valence-corrected chi connectivity index (χ3v) is 4.96. The Balaban J connectivity index is 1.55. The summed E-state index contributed by atoms with van der Waals surface area (Å²) in [5, 5.41) is 2.82. The SMILES string of the molecule is CC(=O)c1ccc(NC(=O)c2ccc3c(c2)C[C@@H](c2ccccc2)OC3=O)cc1. The van der Waals surface area contributed by atoms with Gasteiger partial charge in [0.05, 0.1) is 5.56 Å². The highest BCUT2D eigenvalue weighted by molar-refractivity contribution is 6.05. The van der Waals surface area contributed by atoms with Crippen molar-refractivity contribution in [3.8, 4) is 0 Å². The predicted octanol–water partition coefficient (Wildman–Crippen LogP) is 4.60. The van der Waals surface area contributed by atoms with Crippen molar-refractivity contribution in [1.82, 2.24) is 0 Å². The minimum atomic E-state index is -0.383. The summed E-state index contributed by atoms with van der Waals surface area (Å²) in [6.45, 7) is 1.49. The molecule has 3 aromatic carbocycles. The fourth-order valence-corrected chi connectivity index (χ4v) is 3.38. The number of cyclic esters (lactones) is 1. The monoisotopic (exact) mass is 385 g/mol. The second kappa shape index (κ2) is 7.72. The minimum Gasteiger partial charge on any atom is -0.454 e. The van der Waals surface area contributed by atoms with Crippen LogP contribution < -0.4 is 5.32 Å². The van der Waals surface area contributed by atoms with Crippen LogP contribution >= 0.6 is 0 Å². The number of hydrogen-bond acceptors (Lipinski definition) is 4. The van der Waals surface area contributed by atoms with E-state index in [2.05, 4.69) is 5.32 Å². The first-order chi connectivity index (χ1) is 14.0. The number of rotatable bonds is 4. The van der Waals surface area contributed by atoms with Gasteiger partial charge in [-0.25, -0.2) is 4.79 Å². The maximum atomic E-state index is 12.7. The number of Topliss-reactive ketones (excluding diaryl/α,β-unsaturated/α-hetero) is 1. The molecule has 0 saturated heterocycles. The largest absolute Gasteiger partial charge is 0.454 e. The molecule has 5 heteroatoms. The summed E-state index contributed by atoms with van der Waals surface area (Å²) in [5.74, 6) is -0.692. The molecule has 0 saturated carbocycles. The van der Waals surface area contributed by atoms with Crippen LogP contribution in [0.3, 0.4) is 0 Å². The van der Waals surface area contributed by atoms with Crippen LogP contribution in [0.4, 0.5) is 5.69 Å². The summed E-state index contributed by atoms with van der Waals surface area (Å²) in [4.78, 5) is 36.4. The molecule has 0 aliphatic carbocycles. The van der Waals surface area contributed by atoms with Crippen molar-refractivity contribution in [1.29, 1.82) is 0 Å². The number of nitrogens with one attached hydrogen (secondary N) is 1. The highest BCUT2D eigenvalue weighted by Crippen LogP contribution is 2.31. The molecule has 0 bridgehead atoms. The first-order valence-electron chi connectivity index (χ1n) is 9.32. The number of benzene rings is 3. The Kier molecular flexibility index (Phi) is 4.96. The second-order valence-electron chi connectivity index (χ2n) is 6.97. The quantitative estimate of drug-likeness (QED) is 0.526. The Morgan fingerprint density at radius 2 is 1.62 bits per heavy atom. The molecule has 0 unspecified atom stereocenters. The number of fused-ring (bicyclic) bond motifs is 1. The van der Waals surface area contributed by atoms with Gasteiger partial charge in [-0.05, 0) is 60.5 Å². The Morgan fingerprint density at radius 3 is 2.31 bits per heavy atom. The van der Waals surface area contributed by atoms with Gasteiger partial charge < -0.3 is 10.1 Å². The predicted molar refractivity (Wildman–Crippen MR) is 109 cm³/mol. The highest BCUT2D eigenvalue weighted by atomic mass is 16.5. The van der Waals surface area contributed by atoms with Gasteiger partial charge >= 0.3 is 5.97 Å². The summed E-state index contributed by atoms with van der Waals surface area (Å²) in [6, 6.07) is 21.3. The van der Waals surface area contributed by atoms with E-state index in [0.29, 0.717) is 28.8 Å². The van der Waals surface area contributed by atoms with Crippen LogP contribution in [0.1, 0.15) is 55.2 Å². The zero-order valence-electron chi connectivity index (χ0n) is 15.8. The Hall–Kier alpha value is -3.73. The number of esters is 1. The molecule has 0 fully saturated rings. The van der Waals surface area contributed by atoms with Gasteiger partial charge in [0.2, 0.25) is 0 Å². The smallest absolute Gasteiger partial charge is 0.339 e. The lowest BCUT2D eigenvalue weighted by Gasteiger charge is -2.25. The van der Waals surface area contributed by atoms with E-state index in [1.165, 1.54) is 6.92 Å². The molecular formula is C24H19NO4. The molecule has 4 rings (SSSR count). The van der Waals surface area contributed by atoms with Gasteiger partial charge in [-0.2, -0.15) is 0 Å². The van der Waals surface area contributed by atoms with Gasteiger partial charge in [-0.3, -0.25) is 9.59 Å². The zero-order valence-corrected chi connectivity index (χ0v) is 15.8. The molecule has 144 valence electrons. The van der Waals surface area contributed by atoms with E-state index in [4.69, 9.17) is 4.74 Å². The lowest BCUT2D eigenvalue weighted by molar-refractivity contribution is 0.0252. The third-order valence-electron chi connectivity index (χ3n) is 4.96. The van der Waals surface area contributed by atoms with Gasteiger partial charge in [-0.15, -0.1) is 0 Å². The van der Waals surface area contributed by atoms with Crippen LogP contribution in [-0.2, 0) is 11.2 Å². The van der Waals surface area contributed by atoms with Gasteiger partial charge in [0.1, 0.15) is 6.10 Å². The Labute approximate surface area is 168 Å². The molecule has 0 spiro atoms. The molecule has 29 heavy (non-hydrogen) atoms. The molecule has 1 atom stereocenters. The summed E-state index contributed by atoms with van der Waals surface area (Å²) in [6.07, 6.45) is 0.146. The maximum Gasteiger partial charge on any atom is 0.339 e. The van der Waals surface area contributed by atoms with Crippen LogP contribution in [0.5, 0.6) is 0 Å². The molecule has 1 aliphatic heterocycles.